The van der Waals surface area contributed by atoms with Gasteiger partial charge in [-0.15, -0.1) is 0 Å². The molecule has 0 aliphatic carbocycles. The van der Waals surface area contributed by atoms with E-state index >= 15 is 0 Å². The van der Waals surface area contributed by atoms with Crippen LogP contribution in [0.3, 0.4) is 0 Å². The lowest BCUT2D eigenvalue weighted by molar-refractivity contribution is -0.382. The van der Waals surface area contributed by atoms with Gasteiger partial charge in [-0.2, -0.15) is 0 Å². The maximum absolute atomic E-state index is 13.3. The van der Waals surface area contributed by atoms with Crippen LogP contribution in [0.5, 0.6) is 0 Å². The Morgan fingerprint density at radius 3 is 2.75 bits per heavy atom. The van der Waals surface area contributed by atoms with Crippen LogP contribution < -0.4 is 10.6 Å². The lowest BCUT2D eigenvalue weighted by Crippen LogP contribution is -2.08. The number of nitrogens with one attached hydrogen (secondary N) is 2. The van der Waals surface area contributed by atoms with Gasteiger partial charge in [0.25, 0.3) is 0 Å². The molecular formula is C14H12FN5O4. The minimum Gasteiger partial charge on any atom is -0.395 e. The smallest absolute Gasteiger partial charge is 0.323 e. The van der Waals surface area contributed by atoms with Crippen molar-refractivity contribution >= 4 is 33.8 Å². The average Bonchev–Trinajstić information content (AvgIpc) is 3.02. The summed E-state index contributed by atoms with van der Waals surface area (Å²) in [5.74, 6) is -0.435. The maximum Gasteiger partial charge on any atom is 0.323 e. The Labute approximate surface area is 134 Å². The second-order valence-electron chi connectivity index (χ2n) is 4.82. The number of aliphatic hydroxyl groups excluding tert-OH is 1. The van der Waals surface area contributed by atoms with Gasteiger partial charge in [0.2, 0.25) is 5.52 Å². The van der Waals surface area contributed by atoms with Gasteiger partial charge in [-0.25, -0.2) is 9.02 Å². The van der Waals surface area contributed by atoms with E-state index in [9.17, 15) is 14.5 Å². The van der Waals surface area contributed by atoms with Crippen molar-refractivity contribution in [1.29, 1.82) is 0 Å². The lowest BCUT2D eigenvalue weighted by Gasteiger charge is -2.10. The van der Waals surface area contributed by atoms with Gasteiger partial charge < -0.3 is 15.7 Å². The van der Waals surface area contributed by atoms with E-state index in [1.807, 2.05) is 0 Å². The molecule has 2 aromatic carbocycles. The summed E-state index contributed by atoms with van der Waals surface area (Å²) >= 11 is 0. The molecule has 3 aromatic rings. The monoisotopic (exact) mass is 333 g/mol. The Kier molecular flexibility index (Phi) is 4.20. The topological polar surface area (TPSA) is 126 Å². The number of anilines is 3. The second kappa shape index (κ2) is 6.46. The van der Waals surface area contributed by atoms with Gasteiger partial charge in [-0.05, 0) is 34.6 Å². The molecule has 0 aliphatic rings. The zero-order valence-corrected chi connectivity index (χ0v) is 12.2. The predicted molar refractivity (Wildman–Crippen MR) is 83.7 cm³/mol. The molecule has 0 radical (unpaired) electrons. The van der Waals surface area contributed by atoms with Crippen LogP contribution in [-0.2, 0) is 0 Å². The quantitative estimate of drug-likeness (QED) is 0.464. The molecule has 3 rings (SSSR count). The van der Waals surface area contributed by atoms with Crippen LogP contribution in [0.2, 0.25) is 0 Å². The number of aromatic nitrogens is 2. The number of nitro groups is 1. The van der Waals surface area contributed by atoms with Gasteiger partial charge in [0, 0.05) is 12.2 Å². The predicted octanol–water partition coefficient (Wildman–Crippen LogP) is 2.42. The van der Waals surface area contributed by atoms with E-state index in [1.165, 1.54) is 24.3 Å². The first-order valence-corrected chi connectivity index (χ1v) is 6.91. The number of hydrogen-bond acceptors (Lipinski definition) is 8. The summed E-state index contributed by atoms with van der Waals surface area (Å²) in [7, 11) is 0. The van der Waals surface area contributed by atoms with E-state index in [2.05, 4.69) is 25.6 Å². The molecule has 1 aromatic heterocycles. The Bertz CT molecular complexity index is 898. The molecule has 0 fully saturated rings. The number of nitrogens with zero attached hydrogens (tertiary/aromatic N) is 3. The van der Waals surface area contributed by atoms with Crippen LogP contribution in [-0.4, -0.2) is 33.5 Å². The number of benzene rings is 2. The molecule has 0 bridgehead atoms. The maximum atomic E-state index is 13.3. The molecule has 0 saturated heterocycles. The van der Waals surface area contributed by atoms with Gasteiger partial charge in [0.15, 0.2) is 5.52 Å². The molecule has 0 amide bonds. The van der Waals surface area contributed by atoms with E-state index in [0.29, 0.717) is 11.4 Å². The highest BCUT2D eigenvalue weighted by Crippen LogP contribution is 2.37. The lowest BCUT2D eigenvalue weighted by atomic mass is 10.2. The molecule has 10 heteroatoms. The van der Waals surface area contributed by atoms with Crippen molar-refractivity contribution in [3.63, 3.8) is 0 Å². The van der Waals surface area contributed by atoms with Gasteiger partial charge in [-0.1, -0.05) is 6.07 Å². The van der Waals surface area contributed by atoms with Crippen LogP contribution in [0, 0.1) is 15.9 Å². The Morgan fingerprint density at radius 1 is 1.25 bits per heavy atom. The summed E-state index contributed by atoms with van der Waals surface area (Å²) in [6.07, 6.45) is 0. The van der Waals surface area contributed by atoms with Crippen LogP contribution in [0.1, 0.15) is 0 Å². The molecular weight excluding hydrogens is 321 g/mol. The van der Waals surface area contributed by atoms with Crippen LogP contribution >= 0.6 is 0 Å². The van der Waals surface area contributed by atoms with E-state index in [1.54, 1.807) is 6.07 Å². The summed E-state index contributed by atoms with van der Waals surface area (Å²) in [6, 6.07) is 7.15. The number of fused-ring (bicyclic) bond motifs is 1. The third-order valence-electron chi connectivity index (χ3n) is 3.23. The Morgan fingerprint density at radius 2 is 2.04 bits per heavy atom. The first kappa shape index (κ1) is 15.6. The first-order chi connectivity index (χ1) is 11.6. The van der Waals surface area contributed by atoms with E-state index in [4.69, 9.17) is 5.11 Å². The van der Waals surface area contributed by atoms with Crippen LogP contribution in [0.4, 0.5) is 27.1 Å². The van der Waals surface area contributed by atoms with E-state index in [-0.39, 0.29) is 35.6 Å². The van der Waals surface area contributed by atoms with Crippen molar-refractivity contribution in [2.75, 3.05) is 23.8 Å². The number of rotatable bonds is 6. The summed E-state index contributed by atoms with van der Waals surface area (Å²) in [4.78, 5) is 10.7. The fourth-order valence-electron chi connectivity index (χ4n) is 2.26. The highest BCUT2D eigenvalue weighted by Gasteiger charge is 2.25. The summed E-state index contributed by atoms with van der Waals surface area (Å²) in [6.45, 7) is -0.101. The number of nitro benzene ring substituents is 1. The van der Waals surface area contributed by atoms with Crippen molar-refractivity contribution in [2.24, 2.45) is 0 Å². The number of hydrogen-bond donors (Lipinski definition) is 3. The molecule has 1 heterocycles. The van der Waals surface area contributed by atoms with Gasteiger partial charge in [0.05, 0.1) is 17.2 Å². The molecule has 0 spiro atoms. The van der Waals surface area contributed by atoms with E-state index < -0.39 is 10.7 Å². The van der Waals surface area contributed by atoms with Gasteiger partial charge >= 0.3 is 5.69 Å². The summed E-state index contributed by atoms with van der Waals surface area (Å²) in [5, 5.41) is 33.2. The van der Waals surface area contributed by atoms with Crippen LogP contribution in [0.15, 0.2) is 35.0 Å². The number of halogens is 1. The molecule has 0 atom stereocenters. The zero-order valence-electron chi connectivity index (χ0n) is 12.2. The van der Waals surface area contributed by atoms with E-state index in [0.717, 1.165) is 0 Å². The summed E-state index contributed by atoms with van der Waals surface area (Å²) < 4.78 is 17.9. The fourth-order valence-corrected chi connectivity index (χ4v) is 2.26. The minimum absolute atomic E-state index is 0.0538. The zero-order chi connectivity index (χ0) is 17.1. The van der Waals surface area contributed by atoms with Crippen molar-refractivity contribution < 1.29 is 19.0 Å². The van der Waals surface area contributed by atoms with Crippen molar-refractivity contribution in [2.45, 2.75) is 0 Å². The molecule has 0 unspecified atom stereocenters. The van der Waals surface area contributed by atoms with Gasteiger partial charge in [-0.3, -0.25) is 10.1 Å². The highest BCUT2D eigenvalue weighted by molar-refractivity contribution is 6.00. The minimum atomic E-state index is -0.613. The molecule has 9 nitrogen and oxygen atoms in total. The SMILES string of the molecule is O=[N+]([O-])c1c(NCCO)cc(Nc2cccc(F)c2)c2nonc12. The average molecular weight is 333 g/mol. The largest absolute Gasteiger partial charge is 0.395 e. The first-order valence-electron chi connectivity index (χ1n) is 6.91. The molecule has 0 aliphatic heterocycles. The third-order valence-corrected chi connectivity index (χ3v) is 3.23. The van der Waals surface area contributed by atoms with Crippen molar-refractivity contribution in [1.82, 2.24) is 10.3 Å². The standard InChI is InChI=1S/C14H12FN5O4/c15-8-2-1-3-9(6-8)17-10-7-11(16-4-5-21)14(20(22)23)13-12(10)18-24-19-13/h1-3,6-7,16-17,21H,4-5H2. The van der Waals surface area contributed by atoms with Crippen molar-refractivity contribution in [3.8, 4) is 0 Å². The number of aliphatic hydroxyl groups is 1. The molecule has 0 saturated carbocycles. The highest BCUT2D eigenvalue weighted by atomic mass is 19.1. The molecule has 24 heavy (non-hydrogen) atoms. The van der Waals surface area contributed by atoms with Crippen molar-refractivity contribution in [3.05, 3.63) is 46.3 Å². The molecule has 3 N–H and O–H groups in total. The van der Waals surface area contributed by atoms with Crippen LogP contribution in [0.25, 0.3) is 11.0 Å². The third kappa shape index (κ3) is 2.94. The normalized spacial score (nSPS) is 10.8. The Balaban J connectivity index is 2.12. The summed E-state index contributed by atoms with van der Waals surface area (Å²) in [5.41, 5.74) is 0.687. The molecule has 124 valence electrons. The van der Waals surface area contributed by atoms with Gasteiger partial charge in [0.1, 0.15) is 11.5 Å². The Hall–Kier alpha value is -3.27. The fraction of sp³-hybridized carbons (Fsp3) is 0.143. The second-order valence-corrected chi connectivity index (χ2v) is 4.82.